The van der Waals surface area contributed by atoms with Crippen LogP contribution in [0.1, 0.15) is 12.5 Å². The summed E-state index contributed by atoms with van der Waals surface area (Å²) in [6, 6.07) is 10.3. The van der Waals surface area contributed by atoms with Gasteiger partial charge in [-0.3, -0.25) is 14.9 Å². The van der Waals surface area contributed by atoms with Crippen LogP contribution in [0.15, 0.2) is 40.6 Å². The molecular weight excluding hydrogens is 370 g/mol. The lowest BCUT2D eigenvalue weighted by Crippen LogP contribution is -2.54. The van der Waals surface area contributed by atoms with Crippen molar-refractivity contribution < 1.29 is 9.72 Å². The van der Waals surface area contributed by atoms with E-state index < -0.39 is 0 Å². The van der Waals surface area contributed by atoms with Crippen molar-refractivity contribution in [2.24, 2.45) is 0 Å². The molecule has 1 aliphatic heterocycles. The number of carbonyl (C=O) groups excluding carboxylic acids is 1. The minimum Gasteiger partial charge on any atom is -0.365 e. The van der Waals surface area contributed by atoms with Crippen molar-refractivity contribution in [2.45, 2.75) is 24.8 Å². The molecule has 26 heavy (non-hydrogen) atoms. The molecule has 6 nitrogen and oxygen atoms in total. The summed E-state index contributed by atoms with van der Waals surface area (Å²) in [6.45, 7) is 6.33. The second-order valence-electron chi connectivity index (χ2n) is 6.36. The fourth-order valence-corrected chi connectivity index (χ4v) is 4.97. The molecule has 1 saturated heterocycles. The molecule has 8 heteroatoms. The minimum absolute atomic E-state index is 0.0336. The molecular formula is C18H21N3O3S2. The molecule has 0 radical (unpaired) electrons. The van der Waals surface area contributed by atoms with Crippen LogP contribution in [0.4, 0.5) is 10.7 Å². The molecule has 3 rings (SSSR count). The van der Waals surface area contributed by atoms with Gasteiger partial charge in [0.2, 0.25) is 5.91 Å². The fourth-order valence-electron chi connectivity index (χ4n) is 3.14. The number of nitrogens with zero attached hydrogens (tertiary/aromatic N) is 3. The van der Waals surface area contributed by atoms with Crippen molar-refractivity contribution in [3.8, 4) is 0 Å². The highest BCUT2D eigenvalue weighted by Crippen LogP contribution is 2.34. The first-order valence-electron chi connectivity index (χ1n) is 8.41. The quantitative estimate of drug-likeness (QED) is 0.441. The summed E-state index contributed by atoms with van der Waals surface area (Å²) in [5, 5.41) is 12.8. The lowest BCUT2D eigenvalue weighted by Gasteiger charge is -2.41. The van der Waals surface area contributed by atoms with Crippen molar-refractivity contribution in [2.75, 3.05) is 30.3 Å². The van der Waals surface area contributed by atoms with Gasteiger partial charge in [0, 0.05) is 31.4 Å². The Morgan fingerprint density at radius 1 is 1.38 bits per heavy atom. The van der Waals surface area contributed by atoms with Crippen LogP contribution in [0, 0.1) is 17.0 Å². The molecule has 1 aliphatic rings. The Labute approximate surface area is 160 Å². The number of nitro groups is 1. The van der Waals surface area contributed by atoms with E-state index in [4.69, 9.17) is 0 Å². The minimum atomic E-state index is -0.389. The van der Waals surface area contributed by atoms with Crippen LogP contribution in [0.5, 0.6) is 0 Å². The van der Waals surface area contributed by atoms with Gasteiger partial charge in [0.1, 0.15) is 0 Å². The van der Waals surface area contributed by atoms with Crippen molar-refractivity contribution in [1.82, 2.24) is 4.90 Å². The van der Waals surface area contributed by atoms with E-state index in [0.29, 0.717) is 18.0 Å². The first kappa shape index (κ1) is 18.7. The molecule has 1 amide bonds. The van der Waals surface area contributed by atoms with Crippen LogP contribution in [0.25, 0.3) is 0 Å². The van der Waals surface area contributed by atoms with Crippen molar-refractivity contribution in [1.29, 1.82) is 0 Å². The maximum Gasteiger partial charge on any atom is 0.337 e. The third-order valence-corrected chi connectivity index (χ3v) is 6.47. The van der Waals surface area contributed by atoms with Gasteiger partial charge in [0.25, 0.3) is 0 Å². The monoisotopic (exact) mass is 391 g/mol. The van der Waals surface area contributed by atoms with Crippen LogP contribution in [0.2, 0.25) is 0 Å². The predicted molar refractivity (Wildman–Crippen MR) is 106 cm³/mol. The van der Waals surface area contributed by atoms with Gasteiger partial charge in [0.15, 0.2) is 0 Å². The Balaban J connectivity index is 1.57. The summed E-state index contributed by atoms with van der Waals surface area (Å²) < 4.78 is 0. The molecule has 0 bridgehead atoms. The van der Waals surface area contributed by atoms with Gasteiger partial charge in [-0.25, -0.2) is 0 Å². The highest BCUT2D eigenvalue weighted by Gasteiger charge is 2.27. The zero-order valence-corrected chi connectivity index (χ0v) is 16.4. The van der Waals surface area contributed by atoms with E-state index in [2.05, 4.69) is 43.0 Å². The van der Waals surface area contributed by atoms with Crippen LogP contribution in [0.3, 0.4) is 0 Å². The predicted octanol–water partition coefficient (Wildman–Crippen LogP) is 3.79. The Morgan fingerprint density at radius 3 is 2.88 bits per heavy atom. The average Bonchev–Trinajstić information content (AvgIpc) is 3.08. The lowest BCUT2D eigenvalue weighted by molar-refractivity contribution is -0.382. The van der Waals surface area contributed by atoms with E-state index >= 15 is 0 Å². The molecule has 0 N–H and O–H groups in total. The Bertz CT molecular complexity index is 808. The van der Waals surface area contributed by atoms with Gasteiger partial charge in [-0.05, 0) is 43.0 Å². The Hall–Kier alpha value is -2.06. The third kappa shape index (κ3) is 4.19. The van der Waals surface area contributed by atoms with E-state index in [1.807, 2.05) is 4.90 Å². The fraction of sp³-hybridized carbons (Fsp3) is 0.389. The SMILES string of the molecule is Cc1cccc(N2CCN(C(=O)CSc3ccsc3[N+](=O)[O-])C[C@H]2C)c1. The van der Waals surface area contributed by atoms with Gasteiger partial charge >= 0.3 is 5.00 Å². The summed E-state index contributed by atoms with van der Waals surface area (Å²) >= 11 is 2.34. The maximum atomic E-state index is 12.5. The molecule has 0 spiro atoms. The normalized spacial score (nSPS) is 17.4. The molecule has 1 aromatic heterocycles. The highest BCUT2D eigenvalue weighted by atomic mass is 32.2. The third-order valence-electron chi connectivity index (χ3n) is 4.44. The number of anilines is 1. The second-order valence-corrected chi connectivity index (χ2v) is 8.27. The van der Waals surface area contributed by atoms with E-state index in [1.54, 1.807) is 11.4 Å². The van der Waals surface area contributed by atoms with Gasteiger partial charge in [0.05, 0.1) is 15.6 Å². The Kier molecular flexibility index (Phi) is 5.83. The number of piperazine rings is 1. The first-order chi connectivity index (χ1) is 12.5. The number of hydrogen-bond acceptors (Lipinski definition) is 6. The zero-order valence-electron chi connectivity index (χ0n) is 14.8. The maximum absolute atomic E-state index is 12.5. The molecule has 0 aliphatic carbocycles. The molecule has 2 heterocycles. The molecule has 2 aromatic rings. The molecule has 138 valence electrons. The lowest BCUT2D eigenvalue weighted by atomic mass is 10.1. The van der Waals surface area contributed by atoms with Gasteiger partial charge in [-0.15, -0.1) is 11.8 Å². The number of thiophene rings is 1. The summed E-state index contributed by atoms with van der Waals surface area (Å²) in [5.74, 6) is 0.264. The number of aryl methyl sites for hydroxylation is 1. The summed E-state index contributed by atoms with van der Waals surface area (Å²) in [5.41, 5.74) is 2.41. The number of rotatable bonds is 5. The van der Waals surface area contributed by atoms with Crippen molar-refractivity contribution in [3.63, 3.8) is 0 Å². The number of benzene rings is 1. The summed E-state index contributed by atoms with van der Waals surface area (Å²) in [4.78, 5) is 27.9. The van der Waals surface area contributed by atoms with Gasteiger partial charge in [-0.2, -0.15) is 0 Å². The molecule has 1 aromatic carbocycles. The summed E-state index contributed by atoms with van der Waals surface area (Å²) in [6.07, 6.45) is 0. The van der Waals surface area contributed by atoms with Crippen LogP contribution in [-0.4, -0.2) is 47.2 Å². The standard InChI is InChI=1S/C18H21N3O3S2/c1-13-4-3-5-15(10-13)20-8-7-19(11-14(20)2)17(22)12-26-16-6-9-25-18(16)21(23)24/h3-6,9-10,14H,7-8,11-12H2,1-2H3/t14-/m1/s1. The molecule has 1 fully saturated rings. The van der Waals surface area contributed by atoms with E-state index in [-0.39, 0.29) is 27.6 Å². The number of hydrogen-bond donors (Lipinski definition) is 0. The zero-order chi connectivity index (χ0) is 18.7. The van der Waals surface area contributed by atoms with Gasteiger partial charge in [-0.1, -0.05) is 23.5 Å². The topological polar surface area (TPSA) is 66.7 Å². The van der Waals surface area contributed by atoms with Crippen LogP contribution >= 0.6 is 23.1 Å². The van der Waals surface area contributed by atoms with Gasteiger partial charge < -0.3 is 9.80 Å². The van der Waals surface area contributed by atoms with Crippen molar-refractivity contribution >= 4 is 39.7 Å². The number of thioether (sulfide) groups is 1. The number of carbonyl (C=O) groups is 1. The molecule has 0 saturated carbocycles. The van der Waals surface area contributed by atoms with E-state index in [0.717, 1.165) is 17.9 Å². The molecule has 0 unspecified atom stereocenters. The van der Waals surface area contributed by atoms with E-state index in [1.165, 1.54) is 23.0 Å². The van der Waals surface area contributed by atoms with E-state index in [9.17, 15) is 14.9 Å². The second kappa shape index (κ2) is 8.09. The smallest absolute Gasteiger partial charge is 0.337 e. The van der Waals surface area contributed by atoms with Crippen LogP contribution in [-0.2, 0) is 4.79 Å². The average molecular weight is 392 g/mol. The highest BCUT2D eigenvalue weighted by molar-refractivity contribution is 8.00. The van der Waals surface area contributed by atoms with Crippen molar-refractivity contribution in [3.05, 3.63) is 51.4 Å². The Morgan fingerprint density at radius 2 is 2.19 bits per heavy atom. The number of amides is 1. The largest absolute Gasteiger partial charge is 0.365 e. The summed E-state index contributed by atoms with van der Waals surface area (Å²) in [7, 11) is 0. The van der Waals surface area contributed by atoms with Crippen LogP contribution < -0.4 is 4.90 Å². The molecule has 1 atom stereocenters. The first-order valence-corrected chi connectivity index (χ1v) is 10.3.